The van der Waals surface area contributed by atoms with Crippen molar-refractivity contribution in [2.45, 2.75) is 6.92 Å². The SMILES string of the molecule is CCOc1cccc(N2CCS(=O)(=O)CC2)c1N. The van der Waals surface area contributed by atoms with Crippen molar-refractivity contribution >= 4 is 21.2 Å². The number of nitrogen functional groups attached to an aromatic ring is 1. The van der Waals surface area contributed by atoms with E-state index in [-0.39, 0.29) is 11.5 Å². The monoisotopic (exact) mass is 270 g/mol. The normalized spacial score (nSPS) is 18.6. The first-order valence-electron chi connectivity index (χ1n) is 6.00. The number of para-hydroxylation sites is 1. The lowest BCUT2D eigenvalue weighted by Gasteiger charge is -2.30. The average molecular weight is 270 g/mol. The van der Waals surface area contributed by atoms with Gasteiger partial charge in [0.05, 0.1) is 29.5 Å². The summed E-state index contributed by atoms with van der Waals surface area (Å²) in [5.41, 5.74) is 7.49. The number of ether oxygens (including phenoxy) is 1. The first-order valence-corrected chi connectivity index (χ1v) is 7.82. The van der Waals surface area contributed by atoms with Crippen molar-refractivity contribution in [1.29, 1.82) is 0 Å². The molecule has 1 heterocycles. The van der Waals surface area contributed by atoms with E-state index in [0.717, 1.165) is 5.69 Å². The maximum atomic E-state index is 11.4. The van der Waals surface area contributed by atoms with Gasteiger partial charge in [0, 0.05) is 13.1 Å². The number of anilines is 2. The zero-order valence-corrected chi connectivity index (χ0v) is 11.2. The fourth-order valence-electron chi connectivity index (χ4n) is 2.04. The Morgan fingerprint density at radius 1 is 1.33 bits per heavy atom. The van der Waals surface area contributed by atoms with E-state index >= 15 is 0 Å². The molecule has 0 bridgehead atoms. The number of hydrogen-bond acceptors (Lipinski definition) is 5. The van der Waals surface area contributed by atoms with Crippen LogP contribution in [0.4, 0.5) is 11.4 Å². The maximum absolute atomic E-state index is 11.4. The summed E-state index contributed by atoms with van der Waals surface area (Å²) in [6.07, 6.45) is 0. The molecule has 0 amide bonds. The van der Waals surface area contributed by atoms with Crippen LogP contribution in [0.2, 0.25) is 0 Å². The lowest BCUT2D eigenvalue weighted by molar-refractivity contribution is 0.342. The lowest BCUT2D eigenvalue weighted by Crippen LogP contribution is -2.40. The van der Waals surface area contributed by atoms with Crippen LogP contribution in [0, 0.1) is 0 Å². The summed E-state index contributed by atoms with van der Waals surface area (Å²) in [6.45, 7) is 3.44. The van der Waals surface area contributed by atoms with Gasteiger partial charge in [-0.15, -0.1) is 0 Å². The Morgan fingerprint density at radius 3 is 2.61 bits per heavy atom. The molecule has 1 aromatic rings. The topological polar surface area (TPSA) is 72.6 Å². The second-order valence-corrected chi connectivity index (χ2v) is 6.56. The van der Waals surface area contributed by atoms with E-state index in [1.807, 2.05) is 30.0 Å². The molecule has 1 aliphatic rings. The summed E-state index contributed by atoms with van der Waals surface area (Å²) in [7, 11) is -2.87. The van der Waals surface area contributed by atoms with E-state index in [1.165, 1.54) is 0 Å². The largest absolute Gasteiger partial charge is 0.492 e. The van der Waals surface area contributed by atoms with Crippen LogP contribution in [0.5, 0.6) is 5.75 Å². The molecule has 1 saturated heterocycles. The highest BCUT2D eigenvalue weighted by molar-refractivity contribution is 7.91. The predicted octanol–water partition coefficient (Wildman–Crippen LogP) is 0.902. The van der Waals surface area contributed by atoms with Crippen molar-refractivity contribution in [2.24, 2.45) is 0 Å². The van der Waals surface area contributed by atoms with Gasteiger partial charge in [0.25, 0.3) is 0 Å². The molecule has 0 unspecified atom stereocenters. The molecule has 18 heavy (non-hydrogen) atoms. The molecule has 0 saturated carbocycles. The lowest BCUT2D eigenvalue weighted by atomic mass is 10.2. The average Bonchev–Trinajstić information content (AvgIpc) is 2.33. The van der Waals surface area contributed by atoms with Crippen LogP contribution in [0.25, 0.3) is 0 Å². The summed E-state index contributed by atoms with van der Waals surface area (Å²) in [5.74, 6) is 1.03. The van der Waals surface area contributed by atoms with Crippen LogP contribution in [0.15, 0.2) is 18.2 Å². The summed E-state index contributed by atoms with van der Waals surface area (Å²) in [6, 6.07) is 5.60. The van der Waals surface area contributed by atoms with Crippen molar-refractivity contribution in [3.05, 3.63) is 18.2 Å². The molecule has 5 nitrogen and oxygen atoms in total. The number of benzene rings is 1. The molecule has 0 aliphatic carbocycles. The van der Waals surface area contributed by atoms with Crippen LogP contribution >= 0.6 is 0 Å². The minimum atomic E-state index is -2.87. The van der Waals surface area contributed by atoms with E-state index in [9.17, 15) is 8.42 Å². The van der Waals surface area contributed by atoms with E-state index < -0.39 is 9.84 Å². The van der Waals surface area contributed by atoms with Gasteiger partial charge in [-0.1, -0.05) is 6.07 Å². The molecule has 100 valence electrons. The molecule has 1 aliphatic heterocycles. The highest BCUT2D eigenvalue weighted by Gasteiger charge is 2.23. The molecule has 0 radical (unpaired) electrons. The van der Waals surface area contributed by atoms with Crippen LogP contribution < -0.4 is 15.4 Å². The van der Waals surface area contributed by atoms with Crippen molar-refractivity contribution < 1.29 is 13.2 Å². The fourth-order valence-corrected chi connectivity index (χ4v) is 3.24. The van der Waals surface area contributed by atoms with Crippen molar-refractivity contribution in [3.63, 3.8) is 0 Å². The van der Waals surface area contributed by atoms with E-state index in [1.54, 1.807) is 0 Å². The second-order valence-electron chi connectivity index (χ2n) is 4.26. The highest BCUT2D eigenvalue weighted by Crippen LogP contribution is 2.32. The van der Waals surface area contributed by atoms with Crippen LogP contribution in [0.1, 0.15) is 6.92 Å². The number of sulfone groups is 1. The van der Waals surface area contributed by atoms with Crippen molar-refractivity contribution in [2.75, 3.05) is 41.8 Å². The Hall–Kier alpha value is -1.43. The molecule has 1 aromatic carbocycles. The summed E-state index contributed by atoms with van der Waals surface area (Å²) < 4.78 is 28.2. The molecular formula is C12H18N2O3S. The van der Waals surface area contributed by atoms with Crippen LogP contribution in [-0.2, 0) is 9.84 Å². The number of rotatable bonds is 3. The highest BCUT2D eigenvalue weighted by atomic mass is 32.2. The van der Waals surface area contributed by atoms with Crippen molar-refractivity contribution in [1.82, 2.24) is 0 Å². The molecule has 0 aromatic heterocycles. The number of nitrogens with zero attached hydrogens (tertiary/aromatic N) is 1. The molecular weight excluding hydrogens is 252 g/mol. The van der Waals surface area contributed by atoms with Gasteiger partial charge in [-0.2, -0.15) is 0 Å². The van der Waals surface area contributed by atoms with Gasteiger partial charge in [0.15, 0.2) is 9.84 Å². The van der Waals surface area contributed by atoms with Gasteiger partial charge in [0.2, 0.25) is 0 Å². The van der Waals surface area contributed by atoms with Gasteiger partial charge in [0.1, 0.15) is 5.75 Å². The molecule has 0 atom stereocenters. The third-order valence-corrected chi connectivity index (χ3v) is 4.64. The van der Waals surface area contributed by atoms with E-state index in [2.05, 4.69) is 0 Å². The minimum Gasteiger partial charge on any atom is -0.492 e. The number of nitrogens with two attached hydrogens (primary N) is 1. The first kappa shape index (κ1) is 13.0. The minimum absolute atomic E-state index is 0.186. The molecule has 2 rings (SSSR count). The van der Waals surface area contributed by atoms with Gasteiger partial charge >= 0.3 is 0 Å². The van der Waals surface area contributed by atoms with Gasteiger partial charge < -0.3 is 15.4 Å². The van der Waals surface area contributed by atoms with Crippen LogP contribution in [0.3, 0.4) is 0 Å². The first-order chi connectivity index (χ1) is 8.53. The summed E-state index contributed by atoms with van der Waals surface area (Å²) >= 11 is 0. The third-order valence-electron chi connectivity index (χ3n) is 3.03. The quantitative estimate of drug-likeness (QED) is 0.826. The number of hydrogen-bond donors (Lipinski definition) is 1. The molecule has 6 heteroatoms. The standard InChI is InChI=1S/C12H18N2O3S/c1-2-17-11-5-3-4-10(12(11)13)14-6-8-18(15,16)9-7-14/h3-5H,2,6-9,13H2,1H3. The van der Waals surface area contributed by atoms with Gasteiger partial charge in [-0.3, -0.25) is 0 Å². The van der Waals surface area contributed by atoms with E-state index in [4.69, 9.17) is 10.5 Å². The fraction of sp³-hybridized carbons (Fsp3) is 0.500. The Morgan fingerprint density at radius 2 is 2.00 bits per heavy atom. The molecule has 1 fully saturated rings. The second kappa shape index (κ2) is 5.06. The van der Waals surface area contributed by atoms with Crippen LogP contribution in [-0.4, -0.2) is 39.6 Å². The molecule has 0 spiro atoms. The van der Waals surface area contributed by atoms with Gasteiger partial charge in [-0.05, 0) is 19.1 Å². The maximum Gasteiger partial charge on any atom is 0.153 e. The van der Waals surface area contributed by atoms with Gasteiger partial charge in [-0.25, -0.2) is 8.42 Å². The zero-order chi connectivity index (χ0) is 13.2. The predicted molar refractivity (Wildman–Crippen MR) is 72.9 cm³/mol. The Labute approximate surface area is 107 Å². The molecule has 2 N–H and O–H groups in total. The Kier molecular flexibility index (Phi) is 3.65. The summed E-state index contributed by atoms with van der Waals surface area (Å²) in [5, 5.41) is 0. The van der Waals surface area contributed by atoms with E-state index in [0.29, 0.717) is 31.1 Å². The Balaban J connectivity index is 2.21. The smallest absolute Gasteiger partial charge is 0.153 e. The Bertz CT molecular complexity index is 514. The summed E-state index contributed by atoms with van der Waals surface area (Å²) in [4.78, 5) is 2.00. The zero-order valence-electron chi connectivity index (χ0n) is 10.4. The van der Waals surface area contributed by atoms with Crippen molar-refractivity contribution in [3.8, 4) is 5.75 Å². The third kappa shape index (κ3) is 2.69.